The van der Waals surface area contributed by atoms with Gasteiger partial charge in [-0.05, 0) is 6.08 Å². The first-order valence-corrected chi connectivity index (χ1v) is 2.38. The monoisotopic (exact) mass is 94.1 g/mol. The number of hydrogen-bond acceptors (Lipinski definition) is 2. The van der Waals surface area contributed by atoms with E-state index in [9.17, 15) is 0 Å². The average molecular weight is 94.1 g/mol. The number of hydrogen-bond donors (Lipinski definition) is 1. The van der Waals surface area contributed by atoms with Crippen molar-refractivity contribution in [2.75, 3.05) is 6.54 Å². The Morgan fingerprint density at radius 3 is 3.29 bits per heavy atom. The third kappa shape index (κ3) is 0.330. The number of allylic oxidation sites excluding steroid dienone is 2. The maximum atomic E-state index is 3.06. The second-order valence-electron chi connectivity index (χ2n) is 1.70. The first-order chi connectivity index (χ1) is 3.47. The van der Waals surface area contributed by atoms with E-state index in [0.29, 0.717) is 0 Å². The predicted octanol–water partition coefficient (Wildman–Crippen LogP) is 0.218. The maximum absolute atomic E-state index is 3.06. The molecule has 2 heterocycles. The molecule has 0 saturated carbocycles. The Morgan fingerprint density at radius 2 is 2.71 bits per heavy atom. The van der Waals surface area contributed by atoms with Crippen LogP contribution in [-0.2, 0) is 0 Å². The number of rotatable bonds is 0. The second-order valence-corrected chi connectivity index (χ2v) is 1.70. The van der Waals surface area contributed by atoms with Crippen molar-refractivity contribution in [1.82, 2.24) is 10.4 Å². The quantitative estimate of drug-likeness (QED) is 0.434. The third-order valence-corrected chi connectivity index (χ3v) is 1.17. The van der Waals surface area contributed by atoms with Crippen LogP contribution < -0.4 is 5.43 Å². The lowest BCUT2D eigenvalue weighted by atomic mass is 10.4. The van der Waals surface area contributed by atoms with E-state index >= 15 is 0 Å². The van der Waals surface area contributed by atoms with Crippen molar-refractivity contribution in [3.8, 4) is 0 Å². The summed E-state index contributed by atoms with van der Waals surface area (Å²) in [4.78, 5) is 0. The topological polar surface area (TPSA) is 25.0 Å². The van der Waals surface area contributed by atoms with Crippen LogP contribution in [0.5, 0.6) is 0 Å². The summed E-state index contributed by atoms with van der Waals surface area (Å²) in [5.41, 5.74) is 3.06. The predicted molar refractivity (Wildman–Crippen MR) is 27.1 cm³/mol. The number of fused-ring (bicyclic) bond motifs is 1. The Hall–Kier alpha value is -0.920. The molecular formula is C5H6N2. The van der Waals surface area contributed by atoms with Crippen LogP contribution in [0.2, 0.25) is 0 Å². The van der Waals surface area contributed by atoms with E-state index in [2.05, 4.69) is 28.7 Å². The van der Waals surface area contributed by atoms with Crippen molar-refractivity contribution in [3.05, 3.63) is 24.0 Å². The van der Waals surface area contributed by atoms with Gasteiger partial charge in [-0.2, -0.15) is 0 Å². The average Bonchev–Trinajstić information content (AvgIpc) is 2.41. The van der Waals surface area contributed by atoms with Gasteiger partial charge >= 0.3 is 0 Å². The molecule has 1 N–H and O–H groups in total. The minimum absolute atomic E-state index is 1.03. The summed E-state index contributed by atoms with van der Waals surface area (Å²) < 4.78 is 0. The van der Waals surface area contributed by atoms with Crippen LogP contribution in [-0.4, -0.2) is 11.6 Å². The standard InChI is InChI=1S/C5H6N2/c1-2-4-7-5(3-1)6-7/h1-3,6H,4H2. The van der Waals surface area contributed by atoms with Crippen molar-refractivity contribution >= 4 is 0 Å². The molecule has 0 radical (unpaired) electrons. The zero-order valence-electron chi connectivity index (χ0n) is 3.89. The molecule has 0 aromatic carbocycles. The zero-order chi connectivity index (χ0) is 4.69. The molecule has 1 fully saturated rings. The van der Waals surface area contributed by atoms with Gasteiger partial charge in [-0.25, -0.2) is 0 Å². The summed E-state index contributed by atoms with van der Waals surface area (Å²) >= 11 is 0. The van der Waals surface area contributed by atoms with Crippen molar-refractivity contribution in [2.24, 2.45) is 0 Å². The Labute approximate surface area is 42.1 Å². The summed E-state index contributed by atoms with van der Waals surface area (Å²) in [7, 11) is 0. The molecule has 0 aromatic rings. The van der Waals surface area contributed by atoms with Gasteiger partial charge in [0.2, 0.25) is 0 Å². The summed E-state index contributed by atoms with van der Waals surface area (Å²) in [5, 5.41) is 2.08. The molecule has 0 spiro atoms. The minimum atomic E-state index is 1.03. The molecule has 36 valence electrons. The molecule has 2 heteroatoms. The van der Waals surface area contributed by atoms with Crippen LogP contribution in [0.25, 0.3) is 0 Å². The van der Waals surface area contributed by atoms with Gasteiger partial charge in [0.05, 0.1) is 6.54 Å². The normalized spacial score (nSPS) is 22.9. The summed E-state index contributed by atoms with van der Waals surface area (Å²) in [5.74, 6) is 1.25. The van der Waals surface area contributed by atoms with Gasteiger partial charge in [0.1, 0.15) is 5.82 Å². The molecule has 2 aliphatic rings. The zero-order valence-corrected chi connectivity index (χ0v) is 3.89. The molecule has 0 aromatic heterocycles. The molecule has 2 nitrogen and oxygen atoms in total. The lowest BCUT2D eigenvalue weighted by Gasteiger charge is -1.90. The number of hydrazine groups is 1. The van der Waals surface area contributed by atoms with Crippen LogP contribution in [0.15, 0.2) is 24.0 Å². The van der Waals surface area contributed by atoms with Crippen molar-refractivity contribution < 1.29 is 0 Å². The first-order valence-electron chi connectivity index (χ1n) is 2.38. The van der Waals surface area contributed by atoms with Crippen LogP contribution in [0.1, 0.15) is 0 Å². The van der Waals surface area contributed by atoms with Crippen LogP contribution in [0.4, 0.5) is 0 Å². The van der Waals surface area contributed by atoms with E-state index in [0.717, 1.165) is 6.54 Å². The summed E-state index contributed by atoms with van der Waals surface area (Å²) in [6.45, 7) is 1.03. The third-order valence-electron chi connectivity index (χ3n) is 1.17. The highest BCUT2D eigenvalue weighted by Gasteiger charge is 2.22. The lowest BCUT2D eigenvalue weighted by molar-refractivity contribution is 0.585. The van der Waals surface area contributed by atoms with Gasteiger partial charge in [-0.1, -0.05) is 12.2 Å². The molecule has 1 saturated heterocycles. The highest BCUT2D eigenvalue weighted by molar-refractivity contribution is 5.22. The van der Waals surface area contributed by atoms with Crippen LogP contribution in [0.3, 0.4) is 0 Å². The fourth-order valence-corrected chi connectivity index (χ4v) is 0.710. The molecule has 0 atom stereocenters. The van der Waals surface area contributed by atoms with E-state index < -0.39 is 0 Å². The van der Waals surface area contributed by atoms with E-state index in [1.807, 2.05) is 0 Å². The highest BCUT2D eigenvalue weighted by atomic mass is 15.7. The number of nitrogens with zero attached hydrogens (tertiary/aromatic N) is 1. The van der Waals surface area contributed by atoms with Crippen molar-refractivity contribution in [2.45, 2.75) is 0 Å². The Bertz CT molecular complexity index is 146. The van der Waals surface area contributed by atoms with Crippen molar-refractivity contribution in [1.29, 1.82) is 0 Å². The highest BCUT2D eigenvalue weighted by Crippen LogP contribution is 2.15. The van der Waals surface area contributed by atoms with Gasteiger partial charge < -0.3 is 0 Å². The lowest BCUT2D eigenvalue weighted by Crippen LogP contribution is -1.98. The molecule has 0 unspecified atom stereocenters. The molecule has 0 amide bonds. The van der Waals surface area contributed by atoms with E-state index in [1.54, 1.807) is 0 Å². The van der Waals surface area contributed by atoms with Gasteiger partial charge in [0, 0.05) is 0 Å². The Balaban J connectivity index is 2.31. The Kier molecular flexibility index (Phi) is 0.372. The smallest absolute Gasteiger partial charge is 0.139 e. The first kappa shape index (κ1) is 3.13. The maximum Gasteiger partial charge on any atom is 0.139 e. The van der Waals surface area contributed by atoms with Crippen LogP contribution >= 0.6 is 0 Å². The fraction of sp³-hybridized carbons (Fsp3) is 0.200. The molecule has 2 aliphatic heterocycles. The molecular weight excluding hydrogens is 88.1 g/mol. The molecule has 0 bridgehead atoms. The van der Waals surface area contributed by atoms with Crippen LogP contribution in [0, 0.1) is 0 Å². The van der Waals surface area contributed by atoms with Gasteiger partial charge in [-0.15, -0.1) is 0 Å². The SMILES string of the molecule is C1=CCN2NC2=C1. The van der Waals surface area contributed by atoms with E-state index in [4.69, 9.17) is 0 Å². The van der Waals surface area contributed by atoms with Gasteiger partial charge in [0.25, 0.3) is 0 Å². The van der Waals surface area contributed by atoms with Gasteiger partial charge in [-0.3, -0.25) is 10.4 Å². The summed E-state index contributed by atoms with van der Waals surface area (Å²) in [6.07, 6.45) is 6.23. The second kappa shape index (κ2) is 0.832. The molecule has 0 aliphatic carbocycles. The number of nitrogens with one attached hydrogen (secondary N) is 1. The molecule has 7 heavy (non-hydrogen) atoms. The van der Waals surface area contributed by atoms with E-state index in [-0.39, 0.29) is 0 Å². The van der Waals surface area contributed by atoms with Crippen molar-refractivity contribution in [3.63, 3.8) is 0 Å². The van der Waals surface area contributed by atoms with E-state index in [1.165, 1.54) is 5.82 Å². The van der Waals surface area contributed by atoms with Gasteiger partial charge in [0.15, 0.2) is 0 Å². The largest absolute Gasteiger partial charge is 0.280 e. The Morgan fingerprint density at radius 1 is 1.71 bits per heavy atom. The summed E-state index contributed by atoms with van der Waals surface area (Å²) in [6, 6.07) is 0. The minimum Gasteiger partial charge on any atom is -0.280 e. The molecule has 2 rings (SSSR count). The fourth-order valence-electron chi connectivity index (χ4n) is 0.710.